The Kier molecular flexibility index (Phi) is 16.6. The van der Waals surface area contributed by atoms with Crippen molar-refractivity contribution in [2.24, 2.45) is 11.8 Å². The van der Waals surface area contributed by atoms with Gasteiger partial charge in [0.1, 0.15) is 0 Å². The minimum Gasteiger partial charge on any atom is -0.481 e. The number of Topliss-reactive ketones (excluding diaryl/α,β-unsaturated/α-hetero) is 1. The van der Waals surface area contributed by atoms with E-state index in [-0.39, 0.29) is 24.7 Å². The summed E-state index contributed by atoms with van der Waals surface area (Å²) in [5.41, 5.74) is 4.01. The summed E-state index contributed by atoms with van der Waals surface area (Å²) in [5, 5.41) is 21.4. The summed E-state index contributed by atoms with van der Waals surface area (Å²) in [7, 11) is 0. The molecule has 3 unspecified atom stereocenters. The minimum absolute atomic E-state index is 0.170. The van der Waals surface area contributed by atoms with E-state index in [1.807, 2.05) is 0 Å². The van der Waals surface area contributed by atoms with Crippen LogP contribution in [0.2, 0.25) is 0 Å². The summed E-state index contributed by atoms with van der Waals surface area (Å²) in [5.74, 6) is -2.07. The molecule has 0 aromatic heterocycles. The first-order chi connectivity index (χ1) is 15.5. The zero-order valence-electron chi connectivity index (χ0n) is 21.1. The minimum atomic E-state index is -1.02. The Hall–Kier alpha value is -1.86. The second kappa shape index (κ2) is 17.6. The number of aliphatic hydroxyl groups excluding tert-OH is 1. The standard InChI is InChI=1S/C26H43NO5S/c1-18(2)9-7-10-19(3)11-8-12-20(4)13-14-33-17-23(26(31)32)15-24(30)25(21(5)16-28)27-22(6)29/h9,11,13,21,23,25,28H,7-8,10,12,14-17H2,1-6H3,(H,27,29)(H,31,32)/b19-11+,20-13+. The number of aliphatic hydroxyl groups is 1. The molecule has 0 rings (SSSR count). The number of carbonyl (C=O) groups excluding carboxylic acids is 2. The van der Waals surface area contributed by atoms with E-state index in [9.17, 15) is 24.6 Å². The molecule has 0 aliphatic carbocycles. The third-order valence-electron chi connectivity index (χ3n) is 5.35. The Bertz CT molecular complexity index is 722. The van der Waals surface area contributed by atoms with Crippen molar-refractivity contribution >= 4 is 29.4 Å². The fourth-order valence-corrected chi connectivity index (χ4v) is 4.29. The van der Waals surface area contributed by atoms with Gasteiger partial charge in [0.25, 0.3) is 0 Å². The molecule has 0 saturated heterocycles. The Morgan fingerprint density at radius 3 is 2.03 bits per heavy atom. The van der Waals surface area contributed by atoms with Crippen molar-refractivity contribution in [3.05, 3.63) is 34.9 Å². The third-order valence-corrected chi connectivity index (χ3v) is 6.39. The molecule has 6 nitrogen and oxygen atoms in total. The van der Waals surface area contributed by atoms with Crippen molar-refractivity contribution in [2.45, 2.75) is 79.7 Å². The van der Waals surface area contributed by atoms with E-state index >= 15 is 0 Å². The number of aliphatic carboxylic acids is 1. The number of thioether (sulfide) groups is 1. The second-order valence-corrected chi connectivity index (χ2v) is 10.1. The van der Waals surface area contributed by atoms with Gasteiger partial charge in [-0.05, 0) is 53.4 Å². The Balaban J connectivity index is 4.58. The van der Waals surface area contributed by atoms with Crippen LogP contribution in [0.3, 0.4) is 0 Å². The number of carbonyl (C=O) groups is 3. The normalized spacial score (nSPS) is 14.9. The van der Waals surface area contributed by atoms with Crippen LogP contribution in [0.25, 0.3) is 0 Å². The van der Waals surface area contributed by atoms with Gasteiger partial charge in [0, 0.05) is 37.4 Å². The van der Waals surface area contributed by atoms with Crippen LogP contribution >= 0.6 is 11.8 Å². The highest BCUT2D eigenvalue weighted by Gasteiger charge is 2.30. The zero-order valence-corrected chi connectivity index (χ0v) is 22.0. The number of allylic oxidation sites excluding steroid dienone is 5. The molecule has 0 fully saturated rings. The predicted molar refractivity (Wildman–Crippen MR) is 137 cm³/mol. The zero-order chi connectivity index (χ0) is 25.4. The van der Waals surface area contributed by atoms with Gasteiger partial charge in [-0.3, -0.25) is 14.4 Å². The molecule has 0 aliphatic rings. The fourth-order valence-electron chi connectivity index (χ4n) is 3.20. The largest absolute Gasteiger partial charge is 0.481 e. The average Bonchev–Trinajstić information content (AvgIpc) is 2.72. The van der Waals surface area contributed by atoms with Crippen molar-refractivity contribution in [1.82, 2.24) is 5.32 Å². The number of carboxylic acid groups (broad SMARTS) is 1. The topological polar surface area (TPSA) is 104 Å². The van der Waals surface area contributed by atoms with E-state index in [1.54, 1.807) is 6.92 Å². The Morgan fingerprint density at radius 1 is 0.939 bits per heavy atom. The van der Waals surface area contributed by atoms with Crippen LogP contribution in [-0.2, 0) is 14.4 Å². The maximum atomic E-state index is 12.6. The van der Waals surface area contributed by atoms with Gasteiger partial charge in [0.2, 0.25) is 5.91 Å². The average molecular weight is 482 g/mol. The molecule has 188 valence electrons. The number of hydrogen-bond donors (Lipinski definition) is 3. The van der Waals surface area contributed by atoms with Crippen LogP contribution in [-0.4, -0.2) is 52.0 Å². The van der Waals surface area contributed by atoms with Gasteiger partial charge in [0.15, 0.2) is 5.78 Å². The number of amides is 1. The number of hydrogen-bond acceptors (Lipinski definition) is 5. The van der Waals surface area contributed by atoms with E-state index in [2.05, 4.69) is 51.2 Å². The monoisotopic (exact) mass is 481 g/mol. The molecule has 3 atom stereocenters. The van der Waals surface area contributed by atoms with Gasteiger partial charge in [-0.15, -0.1) is 0 Å². The molecule has 7 heteroatoms. The molecule has 1 amide bonds. The number of rotatable bonds is 17. The van der Waals surface area contributed by atoms with E-state index in [4.69, 9.17) is 0 Å². The van der Waals surface area contributed by atoms with Gasteiger partial charge >= 0.3 is 5.97 Å². The molecular formula is C26H43NO5S. The van der Waals surface area contributed by atoms with Crippen molar-refractivity contribution in [2.75, 3.05) is 18.1 Å². The third kappa shape index (κ3) is 15.6. The van der Waals surface area contributed by atoms with Crippen molar-refractivity contribution in [1.29, 1.82) is 0 Å². The molecule has 0 aromatic rings. The van der Waals surface area contributed by atoms with Crippen molar-refractivity contribution in [3.63, 3.8) is 0 Å². The predicted octanol–water partition coefficient (Wildman–Crippen LogP) is 4.93. The van der Waals surface area contributed by atoms with Crippen LogP contribution in [0.5, 0.6) is 0 Å². The van der Waals surface area contributed by atoms with Gasteiger partial charge in [-0.25, -0.2) is 0 Å². The SMILES string of the molecule is CC(=O)NC(C(=O)CC(CSC/C=C(\C)CC/C=C(\C)CCC=C(C)C)C(=O)O)C(C)CO. The summed E-state index contributed by atoms with van der Waals surface area (Å²) < 4.78 is 0. The van der Waals surface area contributed by atoms with E-state index in [0.29, 0.717) is 11.5 Å². The van der Waals surface area contributed by atoms with Crippen LogP contribution in [0.4, 0.5) is 0 Å². The van der Waals surface area contributed by atoms with Crippen molar-refractivity contribution in [3.8, 4) is 0 Å². The first kappa shape index (κ1) is 31.1. The van der Waals surface area contributed by atoms with Gasteiger partial charge in [-0.2, -0.15) is 11.8 Å². The van der Waals surface area contributed by atoms with E-state index in [0.717, 1.165) is 25.7 Å². The molecule has 33 heavy (non-hydrogen) atoms. The highest BCUT2D eigenvalue weighted by Crippen LogP contribution is 2.18. The van der Waals surface area contributed by atoms with Crippen molar-refractivity contribution < 1.29 is 24.6 Å². The number of carboxylic acids is 1. The lowest BCUT2D eigenvalue weighted by Crippen LogP contribution is -2.46. The lowest BCUT2D eigenvalue weighted by Gasteiger charge is -2.23. The second-order valence-electron chi connectivity index (χ2n) is 9.04. The molecule has 0 aromatic carbocycles. The van der Waals surface area contributed by atoms with E-state index < -0.39 is 23.8 Å². The van der Waals surface area contributed by atoms with Crippen LogP contribution in [0.15, 0.2) is 34.9 Å². The molecule has 0 aliphatic heterocycles. The lowest BCUT2D eigenvalue weighted by molar-refractivity contribution is -0.143. The summed E-state index contributed by atoms with van der Waals surface area (Å²) in [4.78, 5) is 35.6. The smallest absolute Gasteiger partial charge is 0.307 e. The molecule has 0 spiro atoms. The number of nitrogens with one attached hydrogen (secondary N) is 1. The maximum Gasteiger partial charge on any atom is 0.307 e. The lowest BCUT2D eigenvalue weighted by atomic mass is 9.92. The molecule has 0 bridgehead atoms. The first-order valence-electron chi connectivity index (χ1n) is 11.6. The van der Waals surface area contributed by atoms with Gasteiger partial charge in [0.05, 0.1) is 12.0 Å². The van der Waals surface area contributed by atoms with Crippen LogP contribution in [0.1, 0.15) is 73.6 Å². The van der Waals surface area contributed by atoms with Gasteiger partial charge in [-0.1, -0.05) is 41.9 Å². The summed E-state index contributed by atoms with van der Waals surface area (Å²) in [6, 6.07) is -0.875. The van der Waals surface area contributed by atoms with E-state index in [1.165, 1.54) is 35.4 Å². The molecule has 0 radical (unpaired) electrons. The Labute approximate surface area is 204 Å². The molecule has 0 saturated carbocycles. The Morgan fingerprint density at radius 2 is 1.52 bits per heavy atom. The fraction of sp³-hybridized carbons (Fsp3) is 0.654. The molecule has 0 heterocycles. The molecule has 3 N–H and O–H groups in total. The quantitative estimate of drug-likeness (QED) is 0.201. The summed E-state index contributed by atoms with van der Waals surface area (Å²) in [6.07, 6.45) is 10.6. The summed E-state index contributed by atoms with van der Waals surface area (Å²) >= 11 is 1.49. The van der Waals surface area contributed by atoms with Crippen LogP contribution < -0.4 is 5.32 Å². The van der Waals surface area contributed by atoms with Gasteiger partial charge < -0.3 is 15.5 Å². The number of ketones is 1. The highest BCUT2D eigenvalue weighted by atomic mass is 32.2. The molecular weight excluding hydrogens is 438 g/mol. The highest BCUT2D eigenvalue weighted by molar-refractivity contribution is 7.99. The maximum absolute atomic E-state index is 12.6. The van der Waals surface area contributed by atoms with Crippen LogP contribution in [0, 0.1) is 11.8 Å². The first-order valence-corrected chi connectivity index (χ1v) is 12.8. The summed E-state index contributed by atoms with van der Waals surface area (Å²) in [6.45, 7) is 11.2.